The Kier molecular flexibility index (Phi) is 6.75. The van der Waals surface area contributed by atoms with Gasteiger partial charge in [-0.1, -0.05) is 30.9 Å². The van der Waals surface area contributed by atoms with Gasteiger partial charge in [-0.15, -0.1) is 0 Å². The van der Waals surface area contributed by atoms with Gasteiger partial charge in [-0.05, 0) is 27.2 Å². The zero-order valence-corrected chi connectivity index (χ0v) is 11.5. The fraction of sp³-hybridized carbons (Fsp3) is 0.900. The van der Waals surface area contributed by atoms with Crippen molar-refractivity contribution >= 4 is 28.3 Å². The molecule has 0 spiro atoms. The largest absolute Gasteiger partial charge is 0.367 e. The van der Waals surface area contributed by atoms with Crippen LogP contribution in [0.1, 0.15) is 34.1 Å². The van der Waals surface area contributed by atoms with E-state index in [9.17, 15) is 10.2 Å². The smallest absolute Gasteiger partial charge is 0.166 e. The van der Waals surface area contributed by atoms with Crippen molar-refractivity contribution in [2.24, 2.45) is 0 Å². The summed E-state index contributed by atoms with van der Waals surface area (Å²) in [4.78, 5) is 2.04. The Morgan fingerprint density at radius 1 is 1.33 bits per heavy atom. The van der Waals surface area contributed by atoms with E-state index in [2.05, 4.69) is 0 Å². The van der Waals surface area contributed by atoms with Gasteiger partial charge in [-0.25, -0.2) is 0 Å². The second-order valence-corrected chi connectivity index (χ2v) is 5.75. The van der Waals surface area contributed by atoms with E-state index in [4.69, 9.17) is 12.2 Å². The first kappa shape index (κ1) is 15.2. The lowest BCUT2D eigenvalue weighted by atomic mass is 10.1. The Hall–Kier alpha value is 0.160. The molecule has 0 aromatic rings. The lowest BCUT2D eigenvalue weighted by molar-refractivity contribution is -0.0654. The average molecular weight is 251 g/mol. The van der Waals surface area contributed by atoms with Crippen molar-refractivity contribution in [3.05, 3.63) is 0 Å². The molecule has 0 aliphatic carbocycles. The van der Waals surface area contributed by atoms with Crippen molar-refractivity contribution in [1.29, 1.82) is 0 Å². The van der Waals surface area contributed by atoms with E-state index < -0.39 is 11.0 Å². The first-order valence-electron chi connectivity index (χ1n) is 5.25. The van der Waals surface area contributed by atoms with Crippen LogP contribution in [0, 0.1) is 0 Å². The highest BCUT2D eigenvalue weighted by Gasteiger charge is 2.33. The molecular formula is C10H21NO2S2. The van der Waals surface area contributed by atoms with Crippen molar-refractivity contribution < 1.29 is 10.2 Å². The maximum absolute atomic E-state index is 9.30. The zero-order chi connectivity index (χ0) is 12.1. The highest BCUT2D eigenvalue weighted by molar-refractivity contribution is 8.23. The molecule has 0 bridgehead atoms. The molecule has 1 unspecified atom stereocenters. The van der Waals surface area contributed by atoms with Gasteiger partial charge in [-0.3, -0.25) is 0 Å². The molecule has 0 heterocycles. The third-order valence-corrected chi connectivity index (χ3v) is 4.50. The van der Waals surface area contributed by atoms with Crippen LogP contribution < -0.4 is 0 Å². The maximum Gasteiger partial charge on any atom is 0.166 e. The molecule has 0 radical (unpaired) electrons. The number of thiocarbonyl (C=S) groups is 1. The van der Waals surface area contributed by atoms with Crippen LogP contribution in [-0.4, -0.2) is 43.6 Å². The number of thioether (sulfide) groups is 1. The molecule has 0 saturated carbocycles. The van der Waals surface area contributed by atoms with E-state index in [1.54, 1.807) is 0 Å². The molecule has 1 atom stereocenters. The summed E-state index contributed by atoms with van der Waals surface area (Å²) < 4.78 is 0.122. The molecular weight excluding hydrogens is 230 g/mol. The summed E-state index contributed by atoms with van der Waals surface area (Å²) >= 11 is 6.64. The van der Waals surface area contributed by atoms with Crippen LogP contribution in [0.2, 0.25) is 0 Å². The molecule has 5 heteroatoms. The number of hydrogen-bond acceptors (Lipinski definition) is 4. The van der Waals surface area contributed by atoms with Crippen LogP contribution in [-0.2, 0) is 0 Å². The third kappa shape index (κ3) is 4.26. The van der Waals surface area contributed by atoms with Crippen LogP contribution in [0.5, 0.6) is 0 Å². The van der Waals surface area contributed by atoms with Crippen molar-refractivity contribution in [2.45, 2.75) is 45.2 Å². The normalized spacial score (nSPS) is 15.1. The minimum atomic E-state index is -1.35. The fourth-order valence-electron chi connectivity index (χ4n) is 1.05. The Morgan fingerprint density at radius 3 is 2.07 bits per heavy atom. The summed E-state index contributed by atoms with van der Waals surface area (Å²) in [5.41, 5.74) is 0. The highest BCUT2D eigenvalue weighted by Crippen LogP contribution is 2.33. The summed E-state index contributed by atoms with van der Waals surface area (Å²) in [5.74, 6) is 0. The van der Waals surface area contributed by atoms with Gasteiger partial charge < -0.3 is 15.1 Å². The Bertz CT molecular complexity index is 208. The highest BCUT2D eigenvalue weighted by atomic mass is 32.2. The lowest BCUT2D eigenvalue weighted by Gasteiger charge is -2.32. The molecule has 0 saturated heterocycles. The molecule has 90 valence electrons. The van der Waals surface area contributed by atoms with Gasteiger partial charge >= 0.3 is 0 Å². The molecule has 0 aliphatic heterocycles. The molecule has 0 rings (SSSR count). The molecule has 0 fully saturated rings. The van der Waals surface area contributed by atoms with Crippen LogP contribution in [0.25, 0.3) is 0 Å². The topological polar surface area (TPSA) is 43.7 Å². The molecule has 2 N–H and O–H groups in total. The van der Waals surface area contributed by atoms with Crippen molar-refractivity contribution in [1.82, 2.24) is 4.90 Å². The third-order valence-electron chi connectivity index (χ3n) is 2.59. The van der Waals surface area contributed by atoms with Gasteiger partial charge in [0.1, 0.15) is 4.32 Å². The number of rotatable bonds is 5. The van der Waals surface area contributed by atoms with Gasteiger partial charge in [-0.2, -0.15) is 0 Å². The van der Waals surface area contributed by atoms with Gasteiger partial charge in [0, 0.05) is 13.1 Å². The van der Waals surface area contributed by atoms with Gasteiger partial charge in [0.15, 0.2) is 6.29 Å². The predicted molar refractivity (Wildman–Crippen MR) is 70.0 cm³/mol. The molecule has 3 nitrogen and oxygen atoms in total. The maximum atomic E-state index is 9.30. The minimum Gasteiger partial charge on any atom is -0.367 e. The van der Waals surface area contributed by atoms with E-state index in [0.717, 1.165) is 17.4 Å². The van der Waals surface area contributed by atoms with E-state index in [0.29, 0.717) is 6.42 Å². The quantitative estimate of drug-likeness (QED) is 0.576. The van der Waals surface area contributed by atoms with Crippen molar-refractivity contribution in [3.63, 3.8) is 0 Å². The van der Waals surface area contributed by atoms with E-state index in [1.807, 2.05) is 32.6 Å². The molecule has 0 aliphatic rings. The van der Waals surface area contributed by atoms with Gasteiger partial charge in [0.05, 0.1) is 4.75 Å². The van der Waals surface area contributed by atoms with Gasteiger partial charge in [0.25, 0.3) is 0 Å². The second-order valence-electron chi connectivity index (χ2n) is 3.58. The zero-order valence-electron chi connectivity index (χ0n) is 9.86. The Labute approximate surface area is 102 Å². The second kappa shape index (κ2) is 6.68. The standard InChI is InChI=1S/C10H21NO2S2/c1-5-10(4,8(12)13)15-9(14)11(6-2)7-3/h8,12-13H,5-7H2,1-4H3. The van der Waals surface area contributed by atoms with E-state index >= 15 is 0 Å². The summed E-state index contributed by atoms with van der Waals surface area (Å²) in [6.45, 7) is 9.52. The number of aliphatic hydroxyl groups excluding tert-OH is 1. The Morgan fingerprint density at radius 2 is 1.80 bits per heavy atom. The summed E-state index contributed by atoms with van der Waals surface area (Å²) in [6, 6.07) is 0. The van der Waals surface area contributed by atoms with Crippen molar-refractivity contribution in [2.75, 3.05) is 13.1 Å². The van der Waals surface area contributed by atoms with Crippen LogP contribution >= 0.6 is 24.0 Å². The predicted octanol–water partition coefficient (Wildman–Crippen LogP) is 1.83. The van der Waals surface area contributed by atoms with Crippen LogP contribution in [0.3, 0.4) is 0 Å². The minimum absolute atomic E-state index is 0.611. The van der Waals surface area contributed by atoms with Gasteiger partial charge in [0.2, 0.25) is 0 Å². The van der Waals surface area contributed by atoms with Crippen LogP contribution in [0.15, 0.2) is 0 Å². The van der Waals surface area contributed by atoms with Crippen molar-refractivity contribution in [3.8, 4) is 0 Å². The number of nitrogens with zero attached hydrogens (tertiary/aromatic N) is 1. The van der Waals surface area contributed by atoms with E-state index in [-0.39, 0.29) is 0 Å². The number of hydrogen-bond donors (Lipinski definition) is 2. The first-order valence-corrected chi connectivity index (χ1v) is 6.47. The molecule has 0 aromatic heterocycles. The summed E-state index contributed by atoms with van der Waals surface area (Å²) in [6.07, 6.45) is -0.683. The monoisotopic (exact) mass is 251 g/mol. The Balaban J connectivity index is 4.48. The summed E-state index contributed by atoms with van der Waals surface area (Å²) in [7, 11) is 0. The fourth-order valence-corrected chi connectivity index (χ4v) is 2.92. The molecule has 0 amide bonds. The van der Waals surface area contributed by atoms with E-state index in [1.165, 1.54) is 11.8 Å². The first-order chi connectivity index (χ1) is 6.91. The lowest BCUT2D eigenvalue weighted by Crippen LogP contribution is -2.39. The number of aliphatic hydroxyl groups is 2. The molecule has 0 aromatic carbocycles. The molecule has 15 heavy (non-hydrogen) atoms. The SMILES string of the molecule is CCN(CC)C(=S)SC(C)(CC)C(O)O. The average Bonchev–Trinajstić information content (AvgIpc) is 2.19. The summed E-state index contributed by atoms with van der Waals surface area (Å²) in [5, 5.41) is 18.6. The van der Waals surface area contributed by atoms with Crippen LogP contribution in [0.4, 0.5) is 0 Å².